The number of benzene rings is 2. The summed E-state index contributed by atoms with van der Waals surface area (Å²) in [4.78, 5) is 21.8. The second kappa shape index (κ2) is 11.0. The smallest absolute Gasteiger partial charge is 0.421 e. The predicted octanol–water partition coefficient (Wildman–Crippen LogP) is 5.73. The first-order valence-corrected chi connectivity index (χ1v) is 12.7. The number of carbonyl (C=O) groups is 1. The third-order valence-electron chi connectivity index (χ3n) is 7.11. The quantitative estimate of drug-likeness (QED) is 0.304. The highest BCUT2D eigenvalue weighted by Crippen LogP contribution is 2.42. The highest BCUT2D eigenvalue weighted by Gasteiger charge is 2.41. The number of piperidine rings is 1. The monoisotopic (exact) mass is 554 g/mol. The summed E-state index contributed by atoms with van der Waals surface area (Å²) >= 11 is 0. The molecule has 9 nitrogen and oxygen atoms in total. The zero-order valence-corrected chi connectivity index (χ0v) is 21.8. The molecule has 0 aliphatic carbocycles. The first kappa shape index (κ1) is 27.3. The van der Waals surface area contributed by atoms with Gasteiger partial charge in [-0.3, -0.25) is 4.79 Å². The maximum atomic E-state index is 13.9. The molecule has 0 unspecified atom stereocenters. The number of methoxy groups -OCH3 is 1. The summed E-state index contributed by atoms with van der Waals surface area (Å²) in [7, 11) is 1.47. The first-order chi connectivity index (χ1) is 19.2. The average Bonchev–Trinajstić information content (AvgIpc) is 2.92. The van der Waals surface area contributed by atoms with Crippen molar-refractivity contribution in [3.8, 4) is 5.75 Å². The molecule has 0 saturated carbocycles. The Bertz CT molecular complexity index is 1400. The maximum Gasteiger partial charge on any atom is 0.421 e. The number of anilines is 6. The lowest BCUT2D eigenvalue weighted by molar-refractivity contribution is -0.137. The van der Waals surface area contributed by atoms with Crippen molar-refractivity contribution in [2.24, 2.45) is 5.41 Å². The van der Waals surface area contributed by atoms with Crippen LogP contribution in [0.4, 0.5) is 47.7 Å². The van der Waals surface area contributed by atoms with Crippen LogP contribution in [0.15, 0.2) is 61.3 Å². The minimum atomic E-state index is -4.70. The van der Waals surface area contributed by atoms with Gasteiger partial charge in [0.05, 0.1) is 26.0 Å². The van der Waals surface area contributed by atoms with E-state index in [0.29, 0.717) is 22.8 Å². The van der Waals surface area contributed by atoms with Crippen LogP contribution in [-0.2, 0) is 15.7 Å². The van der Waals surface area contributed by atoms with Gasteiger partial charge in [0.25, 0.3) is 0 Å². The summed E-state index contributed by atoms with van der Waals surface area (Å²) in [6, 6.07) is 11.9. The lowest BCUT2D eigenvalue weighted by atomic mass is 9.77. The molecule has 12 heteroatoms. The van der Waals surface area contributed by atoms with Crippen LogP contribution in [0.25, 0.3) is 0 Å². The van der Waals surface area contributed by atoms with E-state index < -0.39 is 23.5 Å². The predicted molar refractivity (Wildman–Crippen MR) is 147 cm³/mol. The molecular weight excluding hydrogens is 525 g/mol. The number of nitrogens with one attached hydrogen (secondary N) is 3. The van der Waals surface area contributed by atoms with Crippen LogP contribution in [0.5, 0.6) is 5.75 Å². The number of halogens is 3. The van der Waals surface area contributed by atoms with E-state index >= 15 is 0 Å². The Morgan fingerprint density at radius 1 is 1.12 bits per heavy atom. The van der Waals surface area contributed by atoms with Gasteiger partial charge in [-0.05, 0) is 49.2 Å². The SMILES string of the molecule is C=CC(=O)Nc1cccc(Nc2ncc(C(F)(F)F)c(Nc3ccc(N4CCC5(CC4)COC5)cc3OC)n2)c1. The number of nitrogens with zero attached hydrogens (tertiary/aromatic N) is 3. The Hall–Kier alpha value is -4.32. The topological polar surface area (TPSA) is 101 Å². The van der Waals surface area contributed by atoms with Crippen molar-refractivity contribution in [2.75, 3.05) is 54.3 Å². The van der Waals surface area contributed by atoms with Crippen molar-refractivity contribution < 1.29 is 27.4 Å². The fourth-order valence-electron chi connectivity index (χ4n) is 4.77. The van der Waals surface area contributed by atoms with E-state index in [1.54, 1.807) is 30.3 Å². The fraction of sp³-hybridized carbons (Fsp3) is 0.321. The Kier molecular flexibility index (Phi) is 7.53. The molecule has 2 aliphatic heterocycles. The van der Waals surface area contributed by atoms with Crippen LogP contribution >= 0.6 is 0 Å². The number of carbonyl (C=O) groups excluding carboxylic acids is 1. The van der Waals surface area contributed by atoms with Crippen molar-refractivity contribution in [3.63, 3.8) is 0 Å². The number of hydrogen-bond donors (Lipinski definition) is 3. The average molecular weight is 555 g/mol. The van der Waals surface area contributed by atoms with E-state index in [2.05, 4.69) is 37.4 Å². The highest BCUT2D eigenvalue weighted by atomic mass is 19.4. The van der Waals surface area contributed by atoms with E-state index in [1.165, 1.54) is 7.11 Å². The molecule has 3 aromatic rings. The van der Waals surface area contributed by atoms with Crippen molar-refractivity contribution in [3.05, 3.63) is 66.9 Å². The minimum absolute atomic E-state index is 0.0690. The van der Waals surface area contributed by atoms with E-state index in [1.807, 2.05) is 12.1 Å². The minimum Gasteiger partial charge on any atom is -0.494 e. The van der Waals surface area contributed by atoms with Gasteiger partial charge >= 0.3 is 6.18 Å². The summed E-state index contributed by atoms with van der Waals surface area (Å²) in [5.41, 5.74) is 1.45. The molecule has 0 radical (unpaired) electrons. The molecule has 0 bridgehead atoms. The van der Waals surface area contributed by atoms with Gasteiger partial charge in [-0.2, -0.15) is 18.2 Å². The largest absolute Gasteiger partial charge is 0.494 e. The third kappa shape index (κ3) is 5.96. The molecule has 5 rings (SSSR count). The molecule has 40 heavy (non-hydrogen) atoms. The number of ether oxygens (including phenoxy) is 2. The van der Waals surface area contributed by atoms with Crippen molar-refractivity contribution in [1.29, 1.82) is 0 Å². The van der Waals surface area contributed by atoms with Gasteiger partial charge < -0.3 is 30.3 Å². The first-order valence-electron chi connectivity index (χ1n) is 12.7. The lowest BCUT2D eigenvalue weighted by Crippen LogP contribution is -2.50. The van der Waals surface area contributed by atoms with Gasteiger partial charge in [-0.1, -0.05) is 12.6 Å². The summed E-state index contributed by atoms with van der Waals surface area (Å²) in [6.45, 7) is 6.77. The van der Waals surface area contributed by atoms with Gasteiger partial charge in [-0.25, -0.2) is 4.98 Å². The summed E-state index contributed by atoms with van der Waals surface area (Å²) in [5, 5.41) is 8.30. The molecule has 0 atom stereocenters. The molecule has 1 amide bonds. The zero-order chi connectivity index (χ0) is 28.3. The van der Waals surface area contributed by atoms with Gasteiger partial charge in [0.1, 0.15) is 17.1 Å². The number of aromatic nitrogens is 2. The van der Waals surface area contributed by atoms with Gasteiger partial charge in [0.2, 0.25) is 11.9 Å². The number of amides is 1. The summed E-state index contributed by atoms with van der Waals surface area (Å²) in [6.07, 6.45) is -0.785. The summed E-state index contributed by atoms with van der Waals surface area (Å²) in [5.74, 6) is -0.513. The van der Waals surface area contributed by atoms with Gasteiger partial charge in [0, 0.05) is 47.8 Å². The van der Waals surface area contributed by atoms with E-state index in [9.17, 15) is 18.0 Å². The Labute approximate surface area is 229 Å². The molecule has 1 spiro atoms. The molecule has 2 aromatic carbocycles. The van der Waals surface area contributed by atoms with Crippen LogP contribution in [0.2, 0.25) is 0 Å². The highest BCUT2D eigenvalue weighted by molar-refractivity contribution is 5.99. The van der Waals surface area contributed by atoms with E-state index in [0.717, 1.165) is 57.1 Å². The molecule has 2 fully saturated rings. The fourth-order valence-corrected chi connectivity index (χ4v) is 4.77. The molecule has 210 valence electrons. The Morgan fingerprint density at radius 2 is 1.88 bits per heavy atom. The molecular formula is C28H29F3N6O3. The standard InChI is InChI=1S/C28H29F3N6O3/c1-3-24(38)33-18-5-4-6-19(13-18)34-26-32-15-21(28(29,30)31)25(36-26)35-22-8-7-20(14-23(22)39-2)37-11-9-27(10-12-37)16-40-17-27/h3-8,13-15H,1,9-12,16-17H2,2H3,(H,33,38)(H2,32,34,35,36). The van der Waals surface area contributed by atoms with E-state index in [-0.39, 0.29) is 11.4 Å². The van der Waals surface area contributed by atoms with Gasteiger partial charge in [-0.15, -0.1) is 0 Å². The zero-order valence-electron chi connectivity index (χ0n) is 21.8. The molecule has 2 aliphatic rings. The van der Waals surface area contributed by atoms with Crippen molar-refractivity contribution in [1.82, 2.24) is 9.97 Å². The third-order valence-corrected chi connectivity index (χ3v) is 7.11. The number of hydrogen-bond acceptors (Lipinski definition) is 8. The van der Waals surface area contributed by atoms with Gasteiger partial charge in [0.15, 0.2) is 0 Å². The second-order valence-corrected chi connectivity index (χ2v) is 9.84. The van der Waals surface area contributed by atoms with Crippen LogP contribution in [0, 0.1) is 5.41 Å². The molecule has 3 heterocycles. The summed E-state index contributed by atoms with van der Waals surface area (Å²) < 4.78 is 52.5. The van der Waals surface area contributed by atoms with Crippen LogP contribution in [0.1, 0.15) is 18.4 Å². The van der Waals surface area contributed by atoms with Crippen LogP contribution < -0.4 is 25.6 Å². The van der Waals surface area contributed by atoms with Crippen LogP contribution in [-0.4, -0.2) is 49.3 Å². The lowest BCUT2D eigenvalue weighted by Gasteiger charge is -2.47. The van der Waals surface area contributed by atoms with E-state index in [4.69, 9.17) is 9.47 Å². The maximum absolute atomic E-state index is 13.9. The molecule has 2 saturated heterocycles. The Balaban J connectivity index is 1.37. The molecule has 1 aromatic heterocycles. The number of rotatable bonds is 8. The molecule has 3 N–H and O–H groups in total. The number of alkyl halides is 3. The second-order valence-electron chi connectivity index (χ2n) is 9.84. The Morgan fingerprint density at radius 3 is 2.52 bits per heavy atom. The van der Waals surface area contributed by atoms with Crippen molar-refractivity contribution in [2.45, 2.75) is 19.0 Å². The normalized spacial score (nSPS) is 16.1. The van der Waals surface area contributed by atoms with Crippen molar-refractivity contribution >= 4 is 40.4 Å². The van der Waals surface area contributed by atoms with Crippen LogP contribution in [0.3, 0.4) is 0 Å².